The number of nitrogens with one attached hydrogen (secondary N) is 1. The summed E-state index contributed by atoms with van der Waals surface area (Å²) in [4.78, 5) is 7.32. The molecule has 0 atom stereocenters. The number of nitriles is 1. The molecule has 32 heavy (non-hydrogen) atoms. The van der Waals surface area contributed by atoms with Gasteiger partial charge in [-0.3, -0.25) is 0 Å². The Bertz CT molecular complexity index is 1380. The first-order chi connectivity index (χ1) is 15.5. The predicted octanol–water partition coefficient (Wildman–Crippen LogP) is 6.66. The number of benzene rings is 3. The summed E-state index contributed by atoms with van der Waals surface area (Å²) in [7, 11) is 1.50. The highest BCUT2D eigenvalue weighted by Crippen LogP contribution is 2.38. The summed E-state index contributed by atoms with van der Waals surface area (Å²) >= 11 is 12.6. The average molecular weight is 468 g/mol. The van der Waals surface area contributed by atoms with Crippen molar-refractivity contribution in [2.24, 2.45) is 0 Å². The molecule has 0 radical (unpaired) electrons. The monoisotopic (exact) mass is 467 g/mol. The molecule has 5 nitrogen and oxygen atoms in total. The van der Waals surface area contributed by atoms with E-state index in [9.17, 15) is 9.65 Å². The number of aromatic nitrogens is 2. The molecule has 0 aliphatic heterocycles. The van der Waals surface area contributed by atoms with Gasteiger partial charge in [0.2, 0.25) is 0 Å². The molecule has 0 aliphatic rings. The number of allylic oxidation sites excluding steroid dienone is 1. The summed E-state index contributed by atoms with van der Waals surface area (Å²) in [6.07, 6.45) is 1.61. The van der Waals surface area contributed by atoms with Gasteiger partial charge in [-0.15, -0.1) is 0 Å². The minimum absolute atomic E-state index is 0.212. The zero-order valence-electron chi connectivity index (χ0n) is 16.8. The van der Waals surface area contributed by atoms with Crippen LogP contribution in [0.3, 0.4) is 0 Å². The Labute approximate surface area is 193 Å². The average Bonchev–Trinajstić information content (AvgIpc) is 3.20. The Morgan fingerprint density at radius 1 is 1.16 bits per heavy atom. The second-order valence-electron chi connectivity index (χ2n) is 6.83. The molecule has 4 rings (SSSR count). The van der Waals surface area contributed by atoms with Crippen LogP contribution in [-0.2, 0) is 6.61 Å². The van der Waals surface area contributed by atoms with Crippen LogP contribution in [0.15, 0.2) is 54.6 Å². The van der Waals surface area contributed by atoms with Crippen molar-refractivity contribution in [2.75, 3.05) is 7.11 Å². The van der Waals surface area contributed by atoms with E-state index in [-0.39, 0.29) is 18.0 Å². The number of halogens is 3. The SMILES string of the molecule is COc1cc(/C=C(/C#N)c2nc3ccc(F)cc3[nH]2)cc(Cl)c1OCc1ccccc1Cl. The van der Waals surface area contributed by atoms with Crippen LogP contribution in [0.4, 0.5) is 4.39 Å². The maximum atomic E-state index is 13.5. The lowest BCUT2D eigenvalue weighted by Gasteiger charge is -2.14. The van der Waals surface area contributed by atoms with Crippen LogP contribution in [0.2, 0.25) is 10.0 Å². The number of methoxy groups -OCH3 is 1. The third-order valence-electron chi connectivity index (χ3n) is 4.71. The maximum Gasteiger partial charge on any atom is 0.180 e. The largest absolute Gasteiger partial charge is 0.493 e. The van der Waals surface area contributed by atoms with Gasteiger partial charge in [0.05, 0.1) is 28.7 Å². The molecule has 0 unspecified atom stereocenters. The minimum Gasteiger partial charge on any atom is -0.493 e. The van der Waals surface area contributed by atoms with E-state index in [1.807, 2.05) is 18.2 Å². The van der Waals surface area contributed by atoms with Gasteiger partial charge in [-0.25, -0.2) is 9.37 Å². The molecular formula is C24H16Cl2FN3O2. The van der Waals surface area contributed by atoms with Crippen molar-refractivity contribution >= 4 is 45.9 Å². The van der Waals surface area contributed by atoms with E-state index in [0.717, 1.165) is 5.56 Å². The van der Waals surface area contributed by atoms with Crippen molar-refractivity contribution in [3.05, 3.63) is 87.4 Å². The van der Waals surface area contributed by atoms with Crippen LogP contribution in [0.25, 0.3) is 22.7 Å². The van der Waals surface area contributed by atoms with Crippen LogP contribution in [-0.4, -0.2) is 17.1 Å². The Morgan fingerprint density at radius 2 is 1.97 bits per heavy atom. The Kier molecular flexibility index (Phi) is 6.31. The molecule has 0 aliphatic carbocycles. The first kappa shape index (κ1) is 21.7. The normalized spacial score (nSPS) is 11.4. The standard InChI is InChI=1S/C24H16Cl2FN3O2/c1-31-22-10-14(9-19(26)23(22)32-13-15-4-2-3-5-18(15)25)8-16(12-28)24-29-20-7-6-17(27)11-21(20)30-24/h2-11H,13H2,1H3,(H,29,30)/b16-8-. The summed E-state index contributed by atoms with van der Waals surface area (Å²) in [5.74, 6) is 0.699. The van der Waals surface area contributed by atoms with E-state index in [1.54, 1.807) is 30.3 Å². The lowest BCUT2D eigenvalue weighted by atomic mass is 10.1. The van der Waals surface area contributed by atoms with Crippen LogP contribution >= 0.6 is 23.2 Å². The third kappa shape index (κ3) is 4.54. The first-order valence-electron chi connectivity index (χ1n) is 9.49. The number of fused-ring (bicyclic) bond motifs is 1. The molecule has 1 heterocycles. The van der Waals surface area contributed by atoms with Crippen LogP contribution < -0.4 is 9.47 Å². The molecule has 0 amide bonds. The van der Waals surface area contributed by atoms with Gasteiger partial charge < -0.3 is 14.5 Å². The van der Waals surface area contributed by atoms with E-state index in [0.29, 0.717) is 44.0 Å². The van der Waals surface area contributed by atoms with Gasteiger partial charge in [-0.2, -0.15) is 5.26 Å². The molecule has 4 aromatic rings. The summed E-state index contributed by atoms with van der Waals surface area (Å²) in [6, 6.07) is 17.0. The summed E-state index contributed by atoms with van der Waals surface area (Å²) in [5, 5.41) is 10.6. The van der Waals surface area contributed by atoms with Crippen molar-refractivity contribution in [2.45, 2.75) is 6.61 Å². The zero-order valence-corrected chi connectivity index (χ0v) is 18.3. The van der Waals surface area contributed by atoms with E-state index in [1.165, 1.54) is 19.2 Å². The smallest absolute Gasteiger partial charge is 0.180 e. The Balaban J connectivity index is 1.65. The molecule has 8 heteroatoms. The number of hydrogen-bond donors (Lipinski definition) is 1. The van der Waals surface area contributed by atoms with Crippen molar-refractivity contribution in [1.82, 2.24) is 9.97 Å². The topological polar surface area (TPSA) is 70.9 Å². The summed E-state index contributed by atoms with van der Waals surface area (Å²) < 4.78 is 24.8. The van der Waals surface area contributed by atoms with E-state index in [2.05, 4.69) is 16.0 Å². The third-order valence-corrected chi connectivity index (χ3v) is 5.36. The predicted molar refractivity (Wildman–Crippen MR) is 123 cm³/mol. The van der Waals surface area contributed by atoms with E-state index in [4.69, 9.17) is 32.7 Å². The Morgan fingerprint density at radius 3 is 2.72 bits per heavy atom. The second-order valence-corrected chi connectivity index (χ2v) is 7.65. The molecule has 3 aromatic carbocycles. The molecule has 0 saturated carbocycles. The summed E-state index contributed by atoms with van der Waals surface area (Å²) in [5.41, 5.74) is 2.73. The molecule has 160 valence electrons. The number of imidazole rings is 1. The van der Waals surface area contributed by atoms with Crippen molar-refractivity contribution in [3.63, 3.8) is 0 Å². The molecule has 0 fully saturated rings. The molecular weight excluding hydrogens is 452 g/mol. The van der Waals surface area contributed by atoms with Gasteiger partial charge in [-0.1, -0.05) is 41.4 Å². The molecule has 0 spiro atoms. The molecule has 1 N–H and O–H groups in total. The van der Waals surface area contributed by atoms with Gasteiger partial charge in [0, 0.05) is 10.6 Å². The number of rotatable bonds is 6. The second kappa shape index (κ2) is 9.31. The van der Waals surface area contributed by atoms with Crippen LogP contribution in [0.1, 0.15) is 17.0 Å². The molecule has 1 aromatic heterocycles. The highest BCUT2D eigenvalue weighted by molar-refractivity contribution is 6.32. The maximum absolute atomic E-state index is 13.5. The van der Waals surface area contributed by atoms with Gasteiger partial charge in [-0.05, 0) is 48.0 Å². The molecule has 0 saturated heterocycles. The minimum atomic E-state index is -0.390. The quantitative estimate of drug-likeness (QED) is 0.321. The highest BCUT2D eigenvalue weighted by Gasteiger charge is 2.14. The van der Waals surface area contributed by atoms with Crippen LogP contribution in [0.5, 0.6) is 11.5 Å². The van der Waals surface area contributed by atoms with E-state index < -0.39 is 0 Å². The van der Waals surface area contributed by atoms with Gasteiger partial charge in [0.1, 0.15) is 24.3 Å². The summed E-state index contributed by atoms with van der Waals surface area (Å²) in [6.45, 7) is 0.212. The van der Waals surface area contributed by atoms with Crippen molar-refractivity contribution < 1.29 is 13.9 Å². The van der Waals surface area contributed by atoms with E-state index >= 15 is 0 Å². The zero-order chi connectivity index (χ0) is 22.7. The molecule has 0 bridgehead atoms. The lowest BCUT2D eigenvalue weighted by Crippen LogP contribution is -1.99. The van der Waals surface area contributed by atoms with Gasteiger partial charge in [0.15, 0.2) is 11.5 Å². The fourth-order valence-corrected chi connectivity index (χ4v) is 3.62. The lowest BCUT2D eigenvalue weighted by molar-refractivity contribution is 0.285. The Hall–Kier alpha value is -3.53. The van der Waals surface area contributed by atoms with Gasteiger partial charge >= 0.3 is 0 Å². The number of hydrogen-bond acceptors (Lipinski definition) is 4. The van der Waals surface area contributed by atoms with Crippen molar-refractivity contribution in [3.8, 4) is 17.6 Å². The number of aromatic amines is 1. The fraction of sp³-hybridized carbons (Fsp3) is 0.0833. The van der Waals surface area contributed by atoms with Gasteiger partial charge in [0.25, 0.3) is 0 Å². The number of nitrogens with zero attached hydrogens (tertiary/aromatic N) is 2. The number of ether oxygens (including phenoxy) is 2. The van der Waals surface area contributed by atoms with Crippen molar-refractivity contribution in [1.29, 1.82) is 5.26 Å². The first-order valence-corrected chi connectivity index (χ1v) is 10.2. The number of H-pyrrole nitrogens is 1. The fourth-order valence-electron chi connectivity index (χ4n) is 3.16. The van der Waals surface area contributed by atoms with Crippen LogP contribution in [0, 0.1) is 17.1 Å². The highest BCUT2D eigenvalue weighted by atomic mass is 35.5.